The summed E-state index contributed by atoms with van der Waals surface area (Å²) in [6.07, 6.45) is 3.19. The zero-order valence-corrected chi connectivity index (χ0v) is 16.9. The molecule has 2 aromatic rings. The van der Waals surface area contributed by atoms with E-state index in [0.29, 0.717) is 24.7 Å². The highest BCUT2D eigenvalue weighted by Gasteiger charge is 2.27. The van der Waals surface area contributed by atoms with Gasteiger partial charge in [-0.25, -0.2) is 13.4 Å². The topological polar surface area (TPSA) is 70.6 Å². The molecular formula is C19H23N3O3S2. The van der Waals surface area contributed by atoms with Crippen LogP contribution in [0.5, 0.6) is 0 Å². The molecular weight excluding hydrogens is 382 g/mol. The minimum Gasteiger partial charge on any atom is -0.341 e. The molecule has 1 amide bonds. The van der Waals surface area contributed by atoms with Gasteiger partial charge in [0.1, 0.15) is 4.90 Å². The van der Waals surface area contributed by atoms with Crippen LogP contribution in [0.2, 0.25) is 0 Å². The lowest BCUT2D eigenvalue weighted by molar-refractivity contribution is -0.127. The van der Waals surface area contributed by atoms with E-state index >= 15 is 0 Å². The second-order valence-corrected chi connectivity index (χ2v) is 9.40. The fraction of sp³-hybridized carbons (Fsp3) is 0.368. The molecule has 3 rings (SSSR count). The van der Waals surface area contributed by atoms with Gasteiger partial charge in [0.15, 0.2) is 0 Å². The number of amides is 1. The van der Waals surface area contributed by atoms with Crippen LogP contribution in [0, 0.1) is 0 Å². The lowest BCUT2D eigenvalue weighted by atomic mass is 10.2. The Kier molecular flexibility index (Phi) is 6.51. The van der Waals surface area contributed by atoms with Gasteiger partial charge in [-0.15, -0.1) is 0 Å². The maximum absolute atomic E-state index is 12.5. The van der Waals surface area contributed by atoms with E-state index in [1.165, 1.54) is 22.3 Å². The quantitative estimate of drug-likeness (QED) is 0.662. The molecule has 1 aliphatic rings. The highest BCUT2D eigenvalue weighted by atomic mass is 32.2. The van der Waals surface area contributed by atoms with Gasteiger partial charge in [-0.05, 0) is 30.5 Å². The fourth-order valence-corrected chi connectivity index (χ4v) is 5.12. The third-order valence-electron chi connectivity index (χ3n) is 4.44. The Labute approximate surface area is 164 Å². The molecule has 6 nitrogen and oxygen atoms in total. The molecule has 1 saturated heterocycles. The van der Waals surface area contributed by atoms with Gasteiger partial charge in [-0.1, -0.05) is 42.1 Å². The molecule has 0 atom stereocenters. The van der Waals surface area contributed by atoms with E-state index in [1.54, 1.807) is 24.1 Å². The number of aromatic nitrogens is 1. The second kappa shape index (κ2) is 8.86. The van der Waals surface area contributed by atoms with Crippen LogP contribution in [0.3, 0.4) is 0 Å². The second-order valence-electron chi connectivity index (χ2n) is 6.47. The van der Waals surface area contributed by atoms with E-state index in [-0.39, 0.29) is 16.6 Å². The summed E-state index contributed by atoms with van der Waals surface area (Å²) in [6, 6.07) is 13.0. The molecule has 0 aliphatic carbocycles. The van der Waals surface area contributed by atoms with Crippen LogP contribution in [-0.2, 0) is 21.4 Å². The fourth-order valence-electron chi connectivity index (χ4n) is 2.87. The summed E-state index contributed by atoms with van der Waals surface area (Å²) in [5.41, 5.74) is 1.08. The van der Waals surface area contributed by atoms with Crippen LogP contribution in [0.1, 0.15) is 18.4 Å². The van der Waals surface area contributed by atoms with Crippen molar-refractivity contribution in [1.29, 1.82) is 0 Å². The first-order valence-corrected chi connectivity index (χ1v) is 11.3. The number of thioether (sulfide) groups is 1. The summed E-state index contributed by atoms with van der Waals surface area (Å²) in [7, 11) is -1.68. The van der Waals surface area contributed by atoms with Gasteiger partial charge < -0.3 is 4.90 Å². The average Bonchev–Trinajstić information content (AvgIpc) is 3.23. The number of benzene rings is 1. The Morgan fingerprint density at radius 3 is 2.48 bits per heavy atom. The molecule has 2 heterocycles. The van der Waals surface area contributed by atoms with Gasteiger partial charge in [0.2, 0.25) is 15.9 Å². The van der Waals surface area contributed by atoms with Gasteiger partial charge in [0, 0.05) is 32.9 Å². The monoisotopic (exact) mass is 405 g/mol. The van der Waals surface area contributed by atoms with Crippen molar-refractivity contribution in [1.82, 2.24) is 14.2 Å². The van der Waals surface area contributed by atoms with E-state index in [9.17, 15) is 13.2 Å². The molecule has 1 aliphatic heterocycles. The largest absolute Gasteiger partial charge is 0.341 e. The number of nitrogens with zero attached hydrogens (tertiary/aromatic N) is 3. The zero-order valence-electron chi connectivity index (χ0n) is 15.2. The molecule has 0 radical (unpaired) electrons. The Bertz CT molecular complexity index is 865. The summed E-state index contributed by atoms with van der Waals surface area (Å²) < 4.78 is 26.5. The smallest absolute Gasteiger partial charge is 0.244 e. The summed E-state index contributed by atoms with van der Waals surface area (Å²) in [5, 5.41) is 0.636. The number of carbonyl (C=O) groups excluding carboxylic acids is 1. The van der Waals surface area contributed by atoms with Crippen molar-refractivity contribution in [2.24, 2.45) is 0 Å². The minimum absolute atomic E-state index is 0.000539. The van der Waals surface area contributed by atoms with Gasteiger partial charge >= 0.3 is 0 Å². The van der Waals surface area contributed by atoms with E-state index in [4.69, 9.17) is 0 Å². The maximum Gasteiger partial charge on any atom is 0.244 e. The van der Waals surface area contributed by atoms with E-state index in [0.717, 1.165) is 18.4 Å². The van der Waals surface area contributed by atoms with Crippen molar-refractivity contribution in [3.8, 4) is 0 Å². The number of carbonyl (C=O) groups is 1. The lowest BCUT2D eigenvalue weighted by Crippen LogP contribution is -2.28. The van der Waals surface area contributed by atoms with E-state index < -0.39 is 10.0 Å². The van der Waals surface area contributed by atoms with Crippen LogP contribution in [0.4, 0.5) is 0 Å². The van der Waals surface area contributed by atoms with Gasteiger partial charge in [0.25, 0.3) is 0 Å². The standard InChI is InChI=1S/C19H23N3O3S2/c1-21(14-16-7-3-2-4-8-16)19(23)15-26-18-10-9-17(13-20-18)27(24,25)22-11-5-6-12-22/h2-4,7-10,13H,5-6,11-12,14-15H2,1H3. The molecule has 0 saturated carbocycles. The van der Waals surface area contributed by atoms with Crippen LogP contribution in [0.25, 0.3) is 0 Å². The molecule has 27 heavy (non-hydrogen) atoms. The van der Waals surface area contributed by atoms with Crippen molar-refractivity contribution >= 4 is 27.7 Å². The summed E-state index contributed by atoms with van der Waals surface area (Å²) in [6.45, 7) is 1.70. The SMILES string of the molecule is CN(Cc1ccccc1)C(=O)CSc1ccc(S(=O)(=O)N2CCCC2)cn1. The van der Waals surface area contributed by atoms with E-state index in [1.807, 2.05) is 30.3 Å². The molecule has 144 valence electrons. The molecule has 0 N–H and O–H groups in total. The Balaban J connectivity index is 1.54. The average molecular weight is 406 g/mol. The molecule has 0 unspecified atom stereocenters. The third kappa shape index (κ3) is 5.09. The Morgan fingerprint density at radius 1 is 1.15 bits per heavy atom. The molecule has 0 spiro atoms. The summed E-state index contributed by atoms with van der Waals surface area (Å²) in [5.74, 6) is 0.258. The van der Waals surface area contributed by atoms with Gasteiger partial charge in [-0.2, -0.15) is 4.31 Å². The normalized spacial score (nSPS) is 15.0. The number of sulfonamides is 1. The highest BCUT2D eigenvalue weighted by Crippen LogP contribution is 2.22. The van der Waals surface area contributed by atoms with Crippen molar-refractivity contribution in [2.45, 2.75) is 29.3 Å². The molecule has 1 aromatic carbocycles. The lowest BCUT2D eigenvalue weighted by Gasteiger charge is -2.17. The van der Waals surface area contributed by atoms with Crippen LogP contribution in [-0.4, -0.2) is 54.4 Å². The number of pyridine rings is 1. The van der Waals surface area contributed by atoms with Gasteiger partial charge in [-0.3, -0.25) is 4.79 Å². The zero-order chi connectivity index (χ0) is 19.3. The predicted octanol–water partition coefficient (Wildman–Crippen LogP) is 2.62. The van der Waals surface area contributed by atoms with Crippen molar-refractivity contribution in [3.63, 3.8) is 0 Å². The van der Waals surface area contributed by atoms with Crippen LogP contribution >= 0.6 is 11.8 Å². The van der Waals surface area contributed by atoms with Crippen LogP contribution in [0.15, 0.2) is 58.6 Å². The Hall–Kier alpha value is -1.90. The first-order valence-electron chi connectivity index (χ1n) is 8.84. The van der Waals surface area contributed by atoms with Crippen molar-refractivity contribution in [2.75, 3.05) is 25.9 Å². The number of rotatable bonds is 7. The summed E-state index contributed by atoms with van der Waals surface area (Å²) in [4.78, 5) is 18.4. The summed E-state index contributed by atoms with van der Waals surface area (Å²) >= 11 is 1.31. The molecule has 8 heteroatoms. The minimum atomic E-state index is -3.45. The first kappa shape index (κ1) is 19.9. The molecule has 1 fully saturated rings. The first-order chi connectivity index (χ1) is 13.0. The van der Waals surface area contributed by atoms with Crippen LogP contribution < -0.4 is 0 Å². The maximum atomic E-state index is 12.5. The van der Waals surface area contributed by atoms with Gasteiger partial charge in [0.05, 0.1) is 10.8 Å². The van der Waals surface area contributed by atoms with E-state index in [2.05, 4.69) is 4.98 Å². The third-order valence-corrected chi connectivity index (χ3v) is 7.25. The van der Waals surface area contributed by atoms with Crippen molar-refractivity contribution < 1.29 is 13.2 Å². The molecule has 1 aromatic heterocycles. The highest BCUT2D eigenvalue weighted by molar-refractivity contribution is 7.99. The molecule has 0 bridgehead atoms. The Morgan fingerprint density at radius 2 is 1.85 bits per heavy atom. The van der Waals surface area contributed by atoms with Crippen molar-refractivity contribution in [3.05, 3.63) is 54.2 Å². The number of hydrogen-bond acceptors (Lipinski definition) is 5. The predicted molar refractivity (Wildman–Crippen MR) is 106 cm³/mol. The number of hydrogen-bond donors (Lipinski definition) is 0.